The summed E-state index contributed by atoms with van der Waals surface area (Å²) in [6, 6.07) is 12.7. The normalized spacial score (nSPS) is 13.8. The Hall–Kier alpha value is -4.41. The third-order valence-electron chi connectivity index (χ3n) is 5.51. The molecule has 1 saturated heterocycles. The molecule has 0 saturated carbocycles. The van der Waals surface area contributed by atoms with Crippen molar-refractivity contribution in [3.05, 3.63) is 66.2 Å². The molecule has 2 aromatic carbocycles. The molecule has 0 bridgehead atoms. The van der Waals surface area contributed by atoms with Crippen molar-refractivity contribution in [2.24, 2.45) is 0 Å². The van der Waals surface area contributed by atoms with Crippen LogP contribution in [-0.2, 0) is 4.79 Å². The number of nitrogens with zero attached hydrogens (tertiary/aromatic N) is 7. The van der Waals surface area contributed by atoms with Crippen LogP contribution >= 0.6 is 0 Å². The summed E-state index contributed by atoms with van der Waals surface area (Å²) in [4.78, 5) is 36.9. The van der Waals surface area contributed by atoms with Gasteiger partial charge in [0.15, 0.2) is 17.0 Å². The van der Waals surface area contributed by atoms with Crippen molar-refractivity contribution in [2.45, 2.75) is 6.92 Å². The number of piperazine rings is 1. The van der Waals surface area contributed by atoms with Crippen LogP contribution in [0, 0.1) is 5.82 Å². The molecule has 34 heavy (non-hydrogen) atoms. The molecule has 0 aliphatic carbocycles. The van der Waals surface area contributed by atoms with E-state index in [1.807, 2.05) is 4.90 Å². The Morgan fingerprint density at radius 3 is 2.56 bits per heavy atom. The lowest BCUT2D eigenvalue weighted by Crippen LogP contribution is -2.49. The molecule has 0 spiro atoms. The standard InChI is InChI=1S/C23H20FN7O3/c1-15(32)34-19-8-3-2-7-18(19)23(33)30-11-9-29(10-12-30)21-20-22(26-14-25-21)31(28-27-20)17-6-4-5-16(24)13-17/h2-8,13-14H,9-12H2,1H3. The number of hydrogen-bond donors (Lipinski definition) is 0. The fourth-order valence-corrected chi connectivity index (χ4v) is 3.93. The SMILES string of the molecule is CC(=O)Oc1ccccc1C(=O)N1CCN(c2ncnc3c2nnn3-c2cccc(F)c2)CC1. The van der Waals surface area contributed by atoms with Gasteiger partial charge < -0.3 is 14.5 Å². The maximum absolute atomic E-state index is 13.7. The molecule has 10 nitrogen and oxygen atoms in total. The van der Waals surface area contributed by atoms with Gasteiger partial charge in [0.2, 0.25) is 0 Å². The minimum Gasteiger partial charge on any atom is -0.426 e. The molecule has 1 aliphatic rings. The van der Waals surface area contributed by atoms with Crippen molar-refractivity contribution in [1.29, 1.82) is 0 Å². The first-order valence-corrected chi connectivity index (χ1v) is 10.7. The van der Waals surface area contributed by atoms with Crippen LogP contribution < -0.4 is 9.64 Å². The van der Waals surface area contributed by atoms with Gasteiger partial charge in [-0.2, -0.15) is 4.68 Å². The molecule has 172 valence electrons. The number of ether oxygens (including phenoxy) is 1. The van der Waals surface area contributed by atoms with Gasteiger partial charge in [0.25, 0.3) is 5.91 Å². The van der Waals surface area contributed by atoms with Crippen molar-refractivity contribution in [1.82, 2.24) is 29.9 Å². The second kappa shape index (κ2) is 8.85. The van der Waals surface area contributed by atoms with Gasteiger partial charge in [-0.15, -0.1) is 5.10 Å². The zero-order valence-electron chi connectivity index (χ0n) is 18.3. The number of esters is 1. The number of rotatable bonds is 4. The highest BCUT2D eigenvalue weighted by Gasteiger charge is 2.27. The molecule has 3 heterocycles. The van der Waals surface area contributed by atoms with Crippen LogP contribution in [0.5, 0.6) is 5.75 Å². The number of amides is 1. The van der Waals surface area contributed by atoms with Crippen LogP contribution in [-0.4, -0.2) is 67.9 Å². The molecular weight excluding hydrogens is 441 g/mol. The van der Waals surface area contributed by atoms with Gasteiger partial charge in [-0.3, -0.25) is 9.59 Å². The van der Waals surface area contributed by atoms with E-state index in [1.54, 1.807) is 41.3 Å². The summed E-state index contributed by atoms with van der Waals surface area (Å²) in [6.45, 7) is 3.21. The highest BCUT2D eigenvalue weighted by molar-refractivity contribution is 5.97. The maximum Gasteiger partial charge on any atom is 0.308 e. The van der Waals surface area contributed by atoms with Gasteiger partial charge in [0, 0.05) is 33.1 Å². The number of carbonyl (C=O) groups is 2. The Balaban J connectivity index is 1.35. The van der Waals surface area contributed by atoms with Crippen LogP contribution in [0.4, 0.5) is 10.2 Å². The first-order chi connectivity index (χ1) is 16.5. The molecule has 11 heteroatoms. The summed E-state index contributed by atoms with van der Waals surface area (Å²) in [6.07, 6.45) is 1.42. The van der Waals surface area contributed by atoms with Crippen molar-refractivity contribution in [3.8, 4) is 11.4 Å². The molecule has 1 amide bonds. The minimum atomic E-state index is -0.482. The second-order valence-electron chi connectivity index (χ2n) is 7.72. The third kappa shape index (κ3) is 4.03. The number of anilines is 1. The molecule has 0 radical (unpaired) electrons. The molecule has 2 aromatic heterocycles. The van der Waals surface area contributed by atoms with Crippen molar-refractivity contribution in [2.75, 3.05) is 31.1 Å². The Morgan fingerprint density at radius 1 is 1.00 bits per heavy atom. The molecule has 0 unspecified atom stereocenters. The molecular formula is C23H20FN7O3. The quantitative estimate of drug-likeness (QED) is 0.337. The van der Waals surface area contributed by atoms with Gasteiger partial charge >= 0.3 is 5.97 Å². The van der Waals surface area contributed by atoms with E-state index in [4.69, 9.17) is 4.74 Å². The number of hydrogen-bond acceptors (Lipinski definition) is 8. The van der Waals surface area contributed by atoms with E-state index in [0.29, 0.717) is 54.4 Å². The van der Waals surface area contributed by atoms with Crippen LogP contribution in [0.2, 0.25) is 0 Å². The summed E-state index contributed by atoms with van der Waals surface area (Å²) in [5.74, 6) is -0.231. The summed E-state index contributed by atoms with van der Waals surface area (Å²) in [7, 11) is 0. The van der Waals surface area contributed by atoms with Gasteiger partial charge in [-0.1, -0.05) is 23.4 Å². The summed E-state index contributed by atoms with van der Waals surface area (Å²) in [5.41, 5.74) is 1.80. The second-order valence-corrected chi connectivity index (χ2v) is 7.72. The summed E-state index contributed by atoms with van der Waals surface area (Å²) >= 11 is 0. The van der Waals surface area contributed by atoms with E-state index in [2.05, 4.69) is 20.3 Å². The van der Waals surface area contributed by atoms with Crippen molar-refractivity contribution >= 4 is 28.9 Å². The van der Waals surface area contributed by atoms with Crippen molar-refractivity contribution in [3.63, 3.8) is 0 Å². The third-order valence-corrected chi connectivity index (χ3v) is 5.51. The highest BCUT2D eigenvalue weighted by atomic mass is 19.1. The van der Waals surface area contributed by atoms with E-state index in [1.165, 1.54) is 30.1 Å². The van der Waals surface area contributed by atoms with Crippen LogP contribution in [0.1, 0.15) is 17.3 Å². The van der Waals surface area contributed by atoms with Crippen LogP contribution in [0.3, 0.4) is 0 Å². The van der Waals surface area contributed by atoms with Gasteiger partial charge in [-0.25, -0.2) is 14.4 Å². The smallest absolute Gasteiger partial charge is 0.308 e. The first kappa shape index (κ1) is 21.4. The summed E-state index contributed by atoms with van der Waals surface area (Å²) in [5, 5.41) is 8.38. The number of fused-ring (bicyclic) bond motifs is 1. The Morgan fingerprint density at radius 2 is 1.79 bits per heavy atom. The minimum absolute atomic E-state index is 0.207. The molecule has 1 aliphatic heterocycles. The van der Waals surface area contributed by atoms with Crippen LogP contribution in [0.15, 0.2) is 54.9 Å². The molecule has 4 aromatic rings. The van der Waals surface area contributed by atoms with Crippen LogP contribution in [0.25, 0.3) is 16.9 Å². The Labute approximate surface area is 193 Å². The number of carbonyl (C=O) groups excluding carboxylic acids is 2. The van der Waals surface area contributed by atoms with E-state index in [0.717, 1.165) is 0 Å². The van der Waals surface area contributed by atoms with E-state index in [9.17, 15) is 14.0 Å². The predicted molar refractivity (Wildman–Crippen MR) is 120 cm³/mol. The first-order valence-electron chi connectivity index (χ1n) is 10.7. The van der Waals surface area contributed by atoms with E-state index in [-0.39, 0.29) is 17.5 Å². The van der Waals surface area contributed by atoms with E-state index < -0.39 is 5.97 Å². The number of aromatic nitrogens is 5. The predicted octanol–water partition coefficient (Wildman–Crippen LogP) is 2.24. The average molecular weight is 461 g/mol. The Kier molecular flexibility index (Phi) is 5.58. The molecule has 0 N–H and O–H groups in total. The molecule has 5 rings (SSSR count). The fraction of sp³-hybridized carbons (Fsp3) is 0.217. The monoisotopic (exact) mass is 461 g/mol. The zero-order chi connectivity index (χ0) is 23.7. The number of benzene rings is 2. The molecule has 1 fully saturated rings. The molecule has 0 atom stereocenters. The number of para-hydroxylation sites is 1. The lowest BCUT2D eigenvalue weighted by molar-refractivity contribution is -0.131. The maximum atomic E-state index is 13.7. The summed E-state index contributed by atoms with van der Waals surface area (Å²) < 4.78 is 20.3. The van der Waals surface area contributed by atoms with Crippen molar-refractivity contribution < 1.29 is 18.7 Å². The lowest BCUT2D eigenvalue weighted by atomic mass is 10.1. The van der Waals surface area contributed by atoms with E-state index >= 15 is 0 Å². The largest absolute Gasteiger partial charge is 0.426 e. The van der Waals surface area contributed by atoms with Gasteiger partial charge in [0.1, 0.15) is 17.9 Å². The zero-order valence-corrected chi connectivity index (χ0v) is 18.3. The average Bonchev–Trinajstić information content (AvgIpc) is 3.28. The highest BCUT2D eigenvalue weighted by Crippen LogP contribution is 2.25. The lowest BCUT2D eigenvalue weighted by Gasteiger charge is -2.35. The number of halogens is 1. The van der Waals surface area contributed by atoms with Gasteiger partial charge in [0.05, 0.1) is 11.3 Å². The van der Waals surface area contributed by atoms with Gasteiger partial charge in [-0.05, 0) is 30.3 Å². The Bertz CT molecular complexity index is 1380. The fourth-order valence-electron chi connectivity index (χ4n) is 3.93. The topological polar surface area (TPSA) is 106 Å².